The molecule has 0 spiro atoms. The van der Waals surface area contributed by atoms with Crippen LogP contribution in [0, 0.1) is 0 Å². The molecular formula is C12H17N5. The SMILES string of the molecule is CCCN(C)Cc1c[nH]nc1-c1cncnc1. The van der Waals surface area contributed by atoms with E-state index in [0.29, 0.717) is 0 Å². The Bertz CT molecular complexity index is 451. The quantitative estimate of drug-likeness (QED) is 0.851. The summed E-state index contributed by atoms with van der Waals surface area (Å²) in [4.78, 5) is 10.3. The molecular weight excluding hydrogens is 214 g/mol. The summed E-state index contributed by atoms with van der Waals surface area (Å²) in [6.07, 6.45) is 8.19. The van der Waals surface area contributed by atoms with Crippen molar-refractivity contribution in [2.24, 2.45) is 0 Å². The van der Waals surface area contributed by atoms with Gasteiger partial charge in [-0.1, -0.05) is 6.92 Å². The third-order valence-electron chi connectivity index (χ3n) is 2.60. The Labute approximate surface area is 101 Å². The first-order chi connectivity index (χ1) is 8.31. The molecule has 2 aromatic rings. The average molecular weight is 231 g/mol. The van der Waals surface area contributed by atoms with Gasteiger partial charge in [0.1, 0.15) is 6.33 Å². The highest BCUT2D eigenvalue weighted by Gasteiger charge is 2.10. The van der Waals surface area contributed by atoms with Gasteiger partial charge in [-0.2, -0.15) is 5.10 Å². The molecule has 2 heterocycles. The second kappa shape index (κ2) is 5.54. The lowest BCUT2D eigenvalue weighted by molar-refractivity contribution is 0.328. The zero-order chi connectivity index (χ0) is 12.1. The van der Waals surface area contributed by atoms with E-state index >= 15 is 0 Å². The summed E-state index contributed by atoms with van der Waals surface area (Å²) in [7, 11) is 2.11. The normalized spacial score (nSPS) is 11.0. The molecule has 5 heteroatoms. The smallest absolute Gasteiger partial charge is 0.115 e. The summed E-state index contributed by atoms with van der Waals surface area (Å²) in [6.45, 7) is 4.14. The highest BCUT2D eigenvalue weighted by atomic mass is 15.1. The molecule has 2 aromatic heterocycles. The van der Waals surface area contributed by atoms with Crippen molar-refractivity contribution < 1.29 is 0 Å². The third-order valence-corrected chi connectivity index (χ3v) is 2.60. The maximum absolute atomic E-state index is 4.27. The predicted molar refractivity (Wildman–Crippen MR) is 66.2 cm³/mol. The minimum Gasteiger partial charge on any atom is -0.302 e. The van der Waals surface area contributed by atoms with E-state index in [1.54, 1.807) is 12.4 Å². The molecule has 0 aromatic carbocycles. The summed E-state index contributed by atoms with van der Waals surface area (Å²) in [5.41, 5.74) is 3.07. The molecule has 0 aliphatic carbocycles. The molecule has 1 N–H and O–H groups in total. The maximum Gasteiger partial charge on any atom is 0.115 e. The summed E-state index contributed by atoms with van der Waals surface area (Å²) >= 11 is 0. The number of aromatic nitrogens is 4. The van der Waals surface area contributed by atoms with E-state index in [0.717, 1.165) is 30.8 Å². The summed E-state index contributed by atoms with van der Waals surface area (Å²) in [5.74, 6) is 0. The lowest BCUT2D eigenvalue weighted by Gasteiger charge is -2.14. The first kappa shape index (κ1) is 11.7. The number of hydrogen-bond donors (Lipinski definition) is 1. The van der Waals surface area contributed by atoms with Gasteiger partial charge in [-0.3, -0.25) is 5.10 Å². The van der Waals surface area contributed by atoms with E-state index < -0.39 is 0 Å². The number of hydrogen-bond acceptors (Lipinski definition) is 4. The molecule has 0 radical (unpaired) electrons. The molecule has 0 aliphatic heterocycles. The topological polar surface area (TPSA) is 57.7 Å². The van der Waals surface area contributed by atoms with Gasteiger partial charge in [0.2, 0.25) is 0 Å². The molecule has 0 amide bonds. The fraction of sp³-hybridized carbons (Fsp3) is 0.417. The van der Waals surface area contributed by atoms with Crippen LogP contribution in [-0.4, -0.2) is 38.7 Å². The van der Waals surface area contributed by atoms with Crippen molar-refractivity contribution in [3.8, 4) is 11.3 Å². The highest BCUT2D eigenvalue weighted by Crippen LogP contribution is 2.20. The van der Waals surface area contributed by atoms with Crippen molar-refractivity contribution in [3.05, 3.63) is 30.5 Å². The maximum atomic E-state index is 4.27. The van der Waals surface area contributed by atoms with E-state index in [9.17, 15) is 0 Å². The summed E-state index contributed by atoms with van der Waals surface area (Å²) < 4.78 is 0. The van der Waals surface area contributed by atoms with Crippen LogP contribution in [0.5, 0.6) is 0 Å². The van der Waals surface area contributed by atoms with Crippen molar-refractivity contribution in [2.75, 3.05) is 13.6 Å². The van der Waals surface area contributed by atoms with Crippen LogP contribution in [0.25, 0.3) is 11.3 Å². The van der Waals surface area contributed by atoms with Gasteiger partial charge >= 0.3 is 0 Å². The second-order valence-electron chi connectivity index (χ2n) is 4.12. The van der Waals surface area contributed by atoms with Crippen molar-refractivity contribution in [3.63, 3.8) is 0 Å². The van der Waals surface area contributed by atoms with Gasteiger partial charge in [-0.05, 0) is 20.0 Å². The van der Waals surface area contributed by atoms with Gasteiger partial charge in [0, 0.05) is 36.3 Å². The minimum atomic E-state index is 0.883. The molecule has 0 aliphatic rings. The van der Waals surface area contributed by atoms with Crippen LogP contribution in [0.2, 0.25) is 0 Å². The molecule has 0 bridgehead atoms. The molecule has 2 rings (SSSR count). The second-order valence-corrected chi connectivity index (χ2v) is 4.12. The zero-order valence-corrected chi connectivity index (χ0v) is 10.2. The molecule has 0 fully saturated rings. The van der Waals surface area contributed by atoms with Gasteiger partial charge in [0.15, 0.2) is 0 Å². The first-order valence-corrected chi connectivity index (χ1v) is 5.78. The fourth-order valence-corrected chi connectivity index (χ4v) is 1.86. The van der Waals surface area contributed by atoms with E-state index in [2.05, 4.69) is 39.0 Å². The summed E-state index contributed by atoms with van der Waals surface area (Å²) in [6, 6.07) is 0. The number of rotatable bonds is 5. The van der Waals surface area contributed by atoms with E-state index in [-0.39, 0.29) is 0 Å². The van der Waals surface area contributed by atoms with Crippen LogP contribution >= 0.6 is 0 Å². The number of aromatic amines is 1. The lowest BCUT2D eigenvalue weighted by atomic mass is 10.1. The van der Waals surface area contributed by atoms with Gasteiger partial charge in [-0.25, -0.2) is 9.97 Å². The molecule has 17 heavy (non-hydrogen) atoms. The van der Waals surface area contributed by atoms with Crippen molar-refractivity contribution >= 4 is 0 Å². The van der Waals surface area contributed by atoms with Crippen LogP contribution < -0.4 is 0 Å². The van der Waals surface area contributed by atoms with Crippen LogP contribution in [0.4, 0.5) is 0 Å². The van der Waals surface area contributed by atoms with Crippen molar-refractivity contribution in [2.45, 2.75) is 19.9 Å². The monoisotopic (exact) mass is 231 g/mol. The molecule has 0 saturated heterocycles. The summed E-state index contributed by atoms with van der Waals surface area (Å²) in [5, 5.41) is 7.18. The van der Waals surface area contributed by atoms with Gasteiger partial charge in [0.05, 0.1) is 5.69 Å². The Morgan fingerprint density at radius 2 is 2.06 bits per heavy atom. The average Bonchev–Trinajstić information content (AvgIpc) is 2.78. The van der Waals surface area contributed by atoms with Crippen LogP contribution in [0.3, 0.4) is 0 Å². The Morgan fingerprint density at radius 3 is 2.76 bits per heavy atom. The van der Waals surface area contributed by atoms with Crippen LogP contribution in [-0.2, 0) is 6.54 Å². The Kier molecular flexibility index (Phi) is 3.82. The molecule has 90 valence electrons. The van der Waals surface area contributed by atoms with Gasteiger partial charge < -0.3 is 4.90 Å². The van der Waals surface area contributed by atoms with Gasteiger partial charge in [0.25, 0.3) is 0 Å². The Hall–Kier alpha value is -1.75. The van der Waals surface area contributed by atoms with E-state index in [4.69, 9.17) is 0 Å². The first-order valence-electron chi connectivity index (χ1n) is 5.78. The Balaban J connectivity index is 2.18. The molecule has 5 nitrogen and oxygen atoms in total. The highest BCUT2D eigenvalue weighted by molar-refractivity contribution is 5.60. The van der Waals surface area contributed by atoms with Crippen molar-refractivity contribution in [1.29, 1.82) is 0 Å². The third kappa shape index (κ3) is 2.88. The van der Waals surface area contributed by atoms with Gasteiger partial charge in [-0.15, -0.1) is 0 Å². The number of nitrogens with zero attached hydrogens (tertiary/aromatic N) is 4. The lowest BCUT2D eigenvalue weighted by Crippen LogP contribution is -2.18. The molecule has 0 atom stereocenters. The van der Waals surface area contributed by atoms with Crippen LogP contribution in [0.1, 0.15) is 18.9 Å². The number of nitrogens with one attached hydrogen (secondary N) is 1. The van der Waals surface area contributed by atoms with E-state index in [1.807, 2.05) is 6.20 Å². The molecule has 0 saturated carbocycles. The van der Waals surface area contributed by atoms with Crippen molar-refractivity contribution in [1.82, 2.24) is 25.1 Å². The fourth-order valence-electron chi connectivity index (χ4n) is 1.86. The molecule has 0 unspecified atom stereocenters. The Morgan fingerprint density at radius 1 is 1.29 bits per heavy atom. The van der Waals surface area contributed by atoms with Crippen LogP contribution in [0.15, 0.2) is 24.9 Å². The number of H-pyrrole nitrogens is 1. The zero-order valence-electron chi connectivity index (χ0n) is 10.2. The predicted octanol–water partition coefficient (Wildman–Crippen LogP) is 1.71. The van der Waals surface area contributed by atoms with E-state index in [1.165, 1.54) is 11.9 Å². The largest absolute Gasteiger partial charge is 0.302 e. The minimum absolute atomic E-state index is 0.883. The standard InChI is InChI=1S/C12H17N5/c1-3-4-17(2)8-11-7-15-16-12(11)10-5-13-9-14-6-10/h5-7,9H,3-4,8H2,1-2H3,(H,15,16).